The lowest BCUT2D eigenvalue weighted by Crippen LogP contribution is -2.03. The number of carbonyl (C=O) groups is 1. The van der Waals surface area contributed by atoms with Crippen LogP contribution in [0.4, 0.5) is 0 Å². The third kappa shape index (κ3) is 2.29. The van der Waals surface area contributed by atoms with E-state index in [-0.39, 0.29) is 19.0 Å². The molecular formula is C14H14O3. The van der Waals surface area contributed by atoms with Gasteiger partial charge in [0.2, 0.25) is 0 Å². The highest BCUT2D eigenvalue weighted by atomic mass is 16.5. The minimum absolute atomic E-state index is 0.0250. The molecule has 0 aliphatic rings. The molecule has 0 saturated heterocycles. The average Bonchev–Trinajstić information content (AvgIpc) is 2.35. The van der Waals surface area contributed by atoms with Gasteiger partial charge in [-0.05, 0) is 24.4 Å². The highest BCUT2D eigenvalue weighted by Crippen LogP contribution is 2.28. The third-order valence-electron chi connectivity index (χ3n) is 2.61. The second kappa shape index (κ2) is 4.97. The number of fused-ring (bicyclic) bond motifs is 1. The van der Waals surface area contributed by atoms with Crippen LogP contribution in [0.3, 0.4) is 0 Å². The van der Waals surface area contributed by atoms with Crippen LogP contribution in [0.15, 0.2) is 36.4 Å². The van der Waals surface area contributed by atoms with Crippen LogP contribution in [0.5, 0.6) is 5.75 Å². The molecule has 3 nitrogen and oxygen atoms in total. The van der Waals surface area contributed by atoms with Gasteiger partial charge >= 0.3 is 0 Å². The molecule has 3 heteroatoms. The second-order valence-electron chi connectivity index (χ2n) is 3.79. The monoisotopic (exact) mass is 230 g/mol. The van der Waals surface area contributed by atoms with Gasteiger partial charge in [-0.25, -0.2) is 0 Å². The molecule has 0 radical (unpaired) electrons. The third-order valence-corrected chi connectivity index (χ3v) is 2.61. The molecule has 0 saturated carbocycles. The van der Waals surface area contributed by atoms with E-state index in [4.69, 9.17) is 9.84 Å². The number of hydrogen-bond acceptors (Lipinski definition) is 3. The number of Topliss-reactive ketones (excluding diaryl/α,β-unsaturated/α-hetero) is 1. The first kappa shape index (κ1) is 11.6. The first-order valence-electron chi connectivity index (χ1n) is 5.50. The Labute approximate surface area is 99.6 Å². The summed E-state index contributed by atoms with van der Waals surface area (Å²) in [5.41, 5.74) is 0.692. The van der Waals surface area contributed by atoms with Crippen molar-refractivity contribution in [2.24, 2.45) is 0 Å². The van der Waals surface area contributed by atoms with Gasteiger partial charge in [-0.2, -0.15) is 0 Å². The molecule has 2 rings (SSSR count). The van der Waals surface area contributed by atoms with E-state index in [0.717, 1.165) is 10.8 Å². The zero-order chi connectivity index (χ0) is 12.3. The maximum atomic E-state index is 11.5. The minimum atomic E-state index is -0.0250. The lowest BCUT2D eigenvalue weighted by atomic mass is 10.0. The Kier molecular flexibility index (Phi) is 3.40. The van der Waals surface area contributed by atoms with Gasteiger partial charge in [0.1, 0.15) is 12.4 Å². The van der Waals surface area contributed by atoms with Gasteiger partial charge in [-0.3, -0.25) is 4.79 Å². The first-order chi connectivity index (χ1) is 8.24. The van der Waals surface area contributed by atoms with E-state index >= 15 is 0 Å². The summed E-state index contributed by atoms with van der Waals surface area (Å²) in [6, 6.07) is 11.1. The van der Waals surface area contributed by atoms with E-state index in [0.29, 0.717) is 11.3 Å². The molecule has 2 aromatic rings. The normalized spacial score (nSPS) is 10.5. The summed E-state index contributed by atoms with van der Waals surface area (Å²) in [6.45, 7) is 1.78. The lowest BCUT2D eigenvalue weighted by molar-refractivity contribution is 0.101. The van der Waals surface area contributed by atoms with Crippen molar-refractivity contribution in [2.45, 2.75) is 6.92 Å². The highest BCUT2D eigenvalue weighted by Gasteiger charge is 2.09. The van der Waals surface area contributed by atoms with Gasteiger partial charge in [-0.1, -0.05) is 24.3 Å². The fraction of sp³-hybridized carbons (Fsp3) is 0.214. The van der Waals surface area contributed by atoms with Crippen molar-refractivity contribution < 1.29 is 14.6 Å². The Bertz CT molecular complexity index is 546. The predicted molar refractivity (Wildman–Crippen MR) is 66.5 cm³/mol. The van der Waals surface area contributed by atoms with E-state index in [2.05, 4.69) is 0 Å². The number of carbonyl (C=O) groups excluding carboxylic acids is 1. The summed E-state index contributed by atoms with van der Waals surface area (Å²) in [7, 11) is 0. The zero-order valence-electron chi connectivity index (χ0n) is 9.64. The maximum Gasteiger partial charge on any atom is 0.160 e. The lowest BCUT2D eigenvalue weighted by Gasteiger charge is -2.10. The van der Waals surface area contributed by atoms with Crippen molar-refractivity contribution in [2.75, 3.05) is 13.2 Å². The van der Waals surface area contributed by atoms with Crippen molar-refractivity contribution in [3.05, 3.63) is 42.0 Å². The number of ketones is 1. The van der Waals surface area contributed by atoms with Crippen LogP contribution in [0.25, 0.3) is 10.8 Å². The molecule has 0 fully saturated rings. The van der Waals surface area contributed by atoms with Crippen molar-refractivity contribution in [3.8, 4) is 5.75 Å². The highest BCUT2D eigenvalue weighted by molar-refractivity contribution is 6.08. The number of aliphatic hydroxyl groups is 1. The summed E-state index contributed by atoms with van der Waals surface area (Å²) in [5, 5.41) is 10.5. The SMILES string of the molecule is CC(=O)c1ccc(OCCO)c2ccccc12. The van der Waals surface area contributed by atoms with Gasteiger partial charge in [0, 0.05) is 10.9 Å². The van der Waals surface area contributed by atoms with E-state index in [1.54, 1.807) is 19.1 Å². The molecule has 0 aliphatic heterocycles. The second-order valence-corrected chi connectivity index (χ2v) is 3.79. The Morgan fingerprint density at radius 2 is 1.88 bits per heavy atom. The van der Waals surface area contributed by atoms with E-state index in [1.165, 1.54) is 0 Å². The Morgan fingerprint density at radius 1 is 1.18 bits per heavy atom. The fourth-order valence-corrected chi connectivity index (χ4v) is 1.86. The number of rotatable bonds is 4. The number of hydrogen-bond donors (Lipinski definition) is 1. The largest absolute Gasteiger partial charge is 0.491 e. The van der Waals surface area contributed by atoms with Crippen molar-refractivity contribution in [1.82, 2.24) is 0 Å². The van der Waals surface area contributed by atoms with Gasteiger partial charge < -0.3 is 9.84 Å². The molecule has 88 valence electrons. The number of aliphatic hydroxyl groups excluding tert-OH is 1. The molecule has 0 aromatic heterocycles. The topological polar surface area (TPSA) is 46.5 Å². The van der Waals surface area contributed by atoms with Crippen molar-refractivity contribution >= 4 is 16.6 Å². The molecular weight excluding hydrogens is 216 g/mol. The van der Waals surface area contributed by atoms with Crippen LogP contribution < -0.4 is 4.74 Å². The predicted octanol–water partition coefficient (Wildman–Crippen LogP) is 2.41. The zero-order valence-corrected chi connectivity index (χ0v) is 9.64. The average molecular weight is 230 g/mol. The van der Waals surface area contributed by atoms with Crippen LogP contribution >= 0.6 is 0 Å². The van der Waals surface area contributed by atoms with Crippen LogP contribution in [-0.2, 0) is 0 Å². The van der Waals surface area contributed by atoms with Crippen LogP contribution in [0.2, 0.25) is 0 Å². The summed E-state index contributed by atoms with van der Waals surface area (Å²) in [6.07, 6.45) is 0. The molecule has 17 heavy (non-hydrogen) atoms. The Hall–Kier alpha value is -1.87. The molecule has 0 bridgehead atoms. The molecule has 0 heterocycles. The Balaban J connectivity index is 2.58. The molecule has 0 amide bonds. The van der Waals surface area contributed by atoms with E-state index in [1.807, 2.05) is 24.3 Å². The first-order valence-corrected chi connectivity index (χ1v) is 5.50. The quantitative estimate of drug-likeness (QED) is 0.820. The molecule has 0 atom stereocenters. The summed E-state index contributed by atoms with van der Waals surface area (Å²) in [4.78, 5) is 11.5. The summed E-state index contributed by atoms with van der Waals surface area (Å²) >= 11 is 0. The van der Waals surface area contributed by atoms with Crippen LogP contribution in [0.1, 0.15) is 17.3 Å². The molecule has 0 unspecified atom stereocenters. The van der Waals surface area contributed by atoms with Crippen LogP contribution in [-0.4, -0.2) is 24.1 Å². The maximum absolute atomic E-state index is 11.5. The van der Waals surface area contributed by atoms with E-state index < -0.39 is 0 Å². The van der Waals surface area contributed by atoms with Crippen molar-refractivity contribution in [1.29, 1.82) is 0 Å². The summed E-state index contributed by atoms with van der Waals surface area (Å²) in [5.74, 6) is 0.731. The van der Waals surface area contributed by atoms with Crippen LogP contribution in [0, 0.1) is 0 Å². The molecule has 0 aliphatic carbocycles. The molecule has 1 N–H and O–H groups in total. The standard InChI is InChI=1S/C14H14O3/c1-10(16)11-6-7-14(17-9-8-15)13-5-3-2-4-12(11)13/h2-7,15H,8-9H2,1H3. The van der Waals surface area contributed by atoms with Gasteiger partial charge in [0.25, 0.3) is 0 Å². The van der Waals surface area contributed by atoms with Gasteiger partial charge in [0.05, 0.1) is 6.61 Å². The smallest absolute Gasteiger partial charge is 0.160 e. The van der Waals surface area contributed by atoms with Gasteiger partial charge in [-0.15, -0.1) is 0 Å². The number of benzene rings is 2. The van der Waals surface area contributed by atoms with Crippen molar-refractivity contribution in [3.63, 3.8) is 0 Å². The minimum Gasteiger partial charge on any atom is -0.491 e. The fourth-order valence-electron chi connectivity index (χ4n) is 1.86. The molecule has 0 spiro atoms. The molecule has 2 aromatic carbocycles. The number of ether oxygens (including phenoxy) is 1. The Morgan fingerprint density at radius 3 is 2.53 bits per heavy atom. The van der Waals surface area contributed by atoms with E-state index in [9.17, 15) is 4.79 Å². The van der Waals surface area contributed by atoms with Gasteiger partial charge in [0.15, 0.2) is 5.78 Å². The summed E-state index contributed by atoms with van der Waals surface area (Å²) < 4.78 is 5.44.